The number of carbonyl (C=O) groups is 3. The maximum absolute atomic E-state index is 13.5. The molecule has 1 aromatic heterocycles. The lowest BCUT2D eigenvalue weighted by atomic mass is 9.93. The molecule has 0 spiro atoms. The van der Waals surface area contributed by atoms with Gasteiger partial charge in [0.25, 0.3) is 5.91 Å². The zero-order valence-electron chi connectivity index (χ0n) is 23.6. The van der Waals surface area contributed by atoms with Gasteiger partial charge in [-0.25, -0.2) is 4.79 Å². The largest absolute Gasteiger partial charge is 0.425 e. The molecule has 2 aliphatic rings. The minimum absolute atomic E-state index is 0.0975. The third-order valence-corrected chi connectivity index (χ3v) is 7.77. The van der Waals surface area contributed by atoms with Gasteiger partial charge in [0.1, 0.15) is 0 Å². The highest BCUT2D eigenvalue weighted by Crippen LogP contribution is 2.37. The molecule has 3 unspecified atom stereocenters. The standard InChI is InChI=1S/C31H38N4O5/c1-5-6-12-25(27(36)29-35(40-29)20(2)21-10-8-7-9-11-21)33-30(38)39-26-18-31(3,4)19-34(26)28(37)23-13-14-24-22(17-23)15-16-32-24/h7-11,13-17,20,25-26,29,32H,5-6,12,18-19H2,1-4H3,(H,33,38)/t20-,25+,26?,29?,35?/m1/s1. The van der Waals surface area contributed by atoms with Crippen LogP contribution in [0.15, 0.2) is 60.8 Å². The van der Waals surface area contributed by atoms with Gasteiger partial charge in [-0.2, -0.15) is 0 Å². The Bertz CT molecular complexity index is 1370. The first-order chi connectivity index (χ1) is 19.2. The highest BCUT2D eigenvalue weighted by atomic mass is 16.8. The van der Waals surface area contributed by atoms with Crippen molar-refractivity contribution in [1.29, 1.82) is 0 Å². The normalized spacial score (nSPS) is 23.0. The molecule has 2 aromatic carbocycles. The number of ketones is 1. The predicted octanol–water partition coefficient (Wildman–Crippen LogP) is 5.55. The lowest BCUT2D eigenvalue weighted by molar-refractivity contribution is -0.122. The van der Waals surface area contributed by atoms with Crippen molar-refractivity contribution in [3.05, 3.63) is 71.9 Å². The van der Waals surface area contributed by atoms with Crippen molar-refractivity contribution >= 4 is 28.7 Å². The Balaban J connectivity index is 1.24. The number of nitrogens with one attached hydrogen (secondary N) is 2. The molecular formula is C31H38N4O5. The number of aromatic amines is 1. The Morgan fingerprint density at radius 3 is 2.67 bits per heavy atom. The minimum atomic E-state index is -0.750. The summed E-state index contributed by atoms with van der Waals surface area (Å²) in [5.74, 6) is -0.394. The van der Waals surface area contributed by atoms with Crippen molar-refractivity contribution in [3.8, 4) is 0 Å². The molecule has 0 radical (unpaired) electrons. The number of hydroxylamine groups is 2. The number of amides is 2. The van der Waals surface area contributed by atoms with Gasteiger partial charge in [-0.1, -0.05) is 63.9 Å². The van der Waals surface area contributed by atoms with Gasteiger partial charge in [-0.05, 0) is 48.6 Å². The summed E-state index contributed by atoms with van der Waals surface area (Å²) in [5, 5.41) is 5.38. The highest BCUT2D eigenvalue weighted by Gasteiger charge is 2.49. The van der Waals surface area contributed by atoms with Crippen molar-refractivity contribution in [1.82, 2.24) is 20.3 Å². The van der Waals surface area contributed by atoms with E-state index in [1.807, 2.05) is 82.4 Å². The predicted molar refractivity (Wildman–Crippen MR) is 151 cm³/mol. The number of carbonyl (C=O) groups excluding carboxylic acids is 3. The maximum Gasteiger partial charge on any atom is 0.409 e. The van der Waals surface area contributed by atoms with Crippen LogP contribution in [0.3, 0.4) is 0 Å². The highest BCUT2D eigenvalue weighted by molar-refractivity contribution is 5.98. The van der Waals surface area contributed by atoms with E-state index in [0.29, 0.717) is 24.9 Å². The molecule has 5 atom stereocenters. The lowest BCUT2D eigenvalue weighted by Crippen LogP contribution is -2.47. The van der Waals surface area contributed by atoms with E-state index in [4.69, 9.17) is 9.57 Å². The van der Waals surface area contributed by atoms with Crippen LogP contribution in [0.25, 0.3) is 10.9 Å². The van der Waals surface area contributed by atoms with Crippen LogP contribution in [0.2, 0.25) is 0 Å². The number of alkyl carbamates (subject to hydrolysis) is 1. The van der Waals surface area contributed by atoms with Crippen LogP contribution in [0.4, 0.5) is 4.79 Å². The second kappa shape index (κ2) is 11.4. The van der Waals surface area contributed by atoms with Gasteiger partial charge in [-0.3, -0.25) is 14.4 Å². The van der Waals surface area contributed by atoms with Gasteiger partial charge in [0.15, 0.2) is 6.23 Å². The molecule has 0 bridgehead atoms. The number of hydrogen-bond donors (Lipinski definition) is 2. The van der Waals surface area contributed by atoms with E-state index in [1.54, 1.807) is 16.0 Å². The number of fused-ring (bicyclic) bond motifs is 1. The summed E-state index contributed by atoms with van der Waals surface area (Å²) in [6.45, 7) is 8.56. The van der Waals surface area contributed by atoms with Crippen LogP contribution in [-0.2, 0) is 14.4 Å². The number of ether oxygens (including phenoxy) is 1. The number of hydrogen-bond acceptors (Lipinski definition) is 6. The minimum Gasteiger partial charge on any atom is -0.425 e. The Morgan fingerprint density at radius 1 is 1.15 bits per heavy atom. The fourth-order valence-corrected chi connectivity index (χ4v) is 5.47. The van der Waals surface area contributed by atoms with Crippen molar-refractivity contribution in [2.24, 2.45) is 5.41 Å². The molecule has 0 saturated carbocycles. The van der Waals surface area contributed by atoms with Gasteiger partial charge < -0.3 is 19.9 Å². The van der Waals surface area contributed by atoms with E-state index >= 15 is 0 Å². The monoisotopic (exact) mass is 546 g/mol. The van der Waals surface area contributed by atoms with Crippen LogP contribution in [-0.4, -0.2) is 57.8 Å². The van der Waals surface area contributed by atoms with E-state index in [9.17, 15) is 14.4 Å². The molecule has 2 amide bonds. The third-order valence-electron chi connectivity index (χ3n) is 7.77. The average molecular weight is 547 g/mol. The summed E-state index contributed by atoms with van der Waals surface area (Å²) in [6, 6.07) is 16.4. The summed E-state index contributed by atoms with van der Waals surface area (Å²) in [4.78, 5) is 50.4. The van der Waals surface area contributed by atoms with E-state index in [0.717, 1.165) is 29.3 Å². The number of nitrogens with zero attached hydrogens (tertiary/aromatic N) is 2. The van der Waals surface area contributed by atoms with E-state index < -0.39 is 24.6 Å². The summed E-state index contributed by atoms with van der Waals surface area (Å²) >= 11 is 0. The summed E-state index contributed by atoms with van der Waals surface area (Å²) in [7, 11) is 0. The molecule has 2 aliphatic heterocycles. The first-order valence-electron chi connectivity index (χ1n) is 14.1. The zero-order chi connectivity index (χ0) is 28.4. The topological polar surface area (TPSA) is 107 Å². The number of rotatable bonds is 10. The van der Waals surface area contributed by atoms with Gasteiger partial charge >= 0.3 is 6.09 Å². The molecule has 2 N–H and O–H groups in total. The first-order valence-corrected chi connectivity index (χ1v) is 14.1. The maximum atomic E-state index is 13.5. The Labute approximate surface area is 234 Å². The molecule has 40 heavy (non-hydrogen) atoms. The average Bonchev–Trinajstić information content (AvgIpc) is 3.50. The molecular weight excluding hydrogens is 508 g/mol. The first kappa shape index (κ1) is 27.9. The molecule has 9 nitrogen and oxygen atoms in total. The third kappa shape index (κ3) is 6.05. The van der Waals surface area contributed by atoms with E-state index in [1.165, 1.54) is 0 Å². The van der Waals surface area contributed by atoms with Crippen LogP contribution in [0.5, 0.6) is 0 Å². The number of H-pyrrole nitrogens is 1. The number of unbranched alkanes of at least 4 members (excludes halogenated alkanes) is 1. The SMILES string of the molecule is CCCC[C@H](NC(=O)OC1CC(C)(C)CN1C(=O)c1ccc2[nH]ccc2c1)C(=O)C1ON1[C@H](C)c1ccccc1. The lowest BCUT2D eigenvalue weighted by Gasteiger charge is -2.26. The second-order valence-electron chi connectivity index (χ2n) is 11.6. The quantitative estimate of drug-likeness (QED) is 0.323. The fraction of sp³-hybridized carbons (Fsp3) is 0.452. The van der Waals surface area contributed by atoms with Crippen molar-refractivity contribution < 1.29 is 24.0 Å². The molecule has 9 heteroatoms. The molecule has 0 aliphatic carbocycles. The smallest absolute Gasteiger partial charge is 0.409 e. The molecule has 3 aromatic rings. The van der Waals surface area contributed by atoms with Gasteiger partial charge in [0.2, 0.25) is 12.0 Å². The van der Waals surface area contributed by atoms with Crippen LogP contribution < -0.4 is 5.32 Å². The van der Waals surface area contributed by atoms with E-state index in [2.05, 4.69) is 10.3 Å². The molecule has 3 heterocycles. The van der Waals surface area contributed by atoms with Crippen molar-refractivity contribution in [3.63, 3.8) is 0 Å². The fourth-order valence-electron chi connectivity index (χ4n) is 5.47. The summed E-state index contributed by atoms with van der Waals surface area (Å²) in [6.07, 6.45) is 2.29. The molecule has 212 valence electrons. The van der Waals surface area contributed by atoms with Crippen molar-refractivity contribution in [2.75, 3.05) is 6.54 Å². The van der Waals surface area contributed by atoms with Crippen LogP contribution in [0, 0.1) is 5.41 Å². The summed E-state index contributed by atoms with van der Waals surface area (Å²) < 4.78 is 5.82. The number of likely N-dealkylation sites (tertiary alicyclic amines) is 1. The molecule has 2 fully saturated rings. The number of Topliss-reactive ketones (excluding diaryl/α,β-unsaturated/α-hetero) is 1. The van der Waals surface area contributed by atoms with E-state index in [-0.39, 0.29) is 23.1 Å². The molecule has 2 saturated heterocycles. The van der Waals surface area contributed by atoms with Gasteiger partial charge in [-0.15, -0.1) is 5.06 Å². The number of benzene rings is 2. The summed E-state index contributed by atoms with van der Waals surface area (Å²) in [5.41, 5.74) is 2.30. The molecule has 5 rings (SSSR count). The number of aromatic nitrogens is 1. The van der Waals surface area contributed by atoms with Gasteiger partial charge in [0, 0.05) is 35.6 Å². The second-order valence-corrected chi connectivity index (χ2v) is 11.6. The van der Waals surface area contributed by atoms with Gasteiger partial charge in [0.05, 0.1) is 12.1 Å². The van der Waals surface area contributed by atoms with Crippen molar-refractivity contribution in [2.45, 2.75) is 77.9 Å². The Hall–Kier alpha value is -3.69. The van der Waals surface area contributed by atoms with Crippen LogP contribution in [0.1, 0.15) is 75.3 Å². The Kier molecular flexibility index (Phi) is 7.96. The zero-order valence-corrected chi connectivity index (χ0v) is 23.6. The van der Waals surface area contributed by atoms with Crippen LogP contribution >= 0.6 is 0 Å². The Morgan fingerprint density at radius 2 is 1.93 bits per heavy atom.